The van der Waals surface area contributed by atoms with Gasteiger partial charge < -0.3 is 14.9 Å². The number of hydrogen-bond donors (Lipinski definition) is 3. The number of carbonyl (C=O) groups is 1. The van der Waals surface area contributed by atoms with E-state index < -0.39 is 5.97 Å². The highest BCUT2D eigenvalue weighted by Crippen LogP contribution is 2.34. The molecule has 0 saturated carbocycles. The number of phenols is 1. The van der Waals surface area contributed by atoms with Gasteiger partial charge in [0.15, 0.2) is 17.1 Å². The zero-order valence-electron chi connectivity index (χ0n) is 15.2. The van der Waals surface area contributed by atoms with Crippen molar-refractivity contribution in [1.29, 1.82) is 0 Å². The van der Waals surface area contributed by atoms with Gasteiger partial charge in [-0.25, -0.2) is 9.78 Å². The lowest BCUT2D eigenvalue weighted by molar-refractivity contribution is 0.0699. The van der Waals surface area contributed by atoms with Crippen molar-refractivity contribution >= 4 is 17.0 Å². The molecule has 0 aliphatic carbocycles. The summed E-state index contributed by atoms with van der Waals surface area (Å²) in [5.41, 5.74) is 3.97. The van der Waals surface area contributed by atoms with Crippen LogP contribution in [0.4, 0.5) is 0 Å². The van der Waals surface area contributed by atoms with Gasteiger partial charge in [0.1, 0.15) is 0 Å². The van der Waals surface area contributed by atoms with Crippen LogP contribution in [-0.2, 0) is 0 Å². The first kappa shape index (κ1) is 17.5. The van der Waals surface area contributed by atoms with E-state index in [0.717, 1.165) is 11.1 Å². The zero-order chi connectivity index (χ0) is 19.8. The lowest BCUT2D eigenvalue weighted by Gasteiger charge is -2.08. The van der Waals surface area contributed by atoms with E-state index in [9.17, 15) is 15.0 Å². The van der Waals surface area contributed by atoms with Gasteiger partial charge in [0.25, 0.3) is 0 Å². The summed E-state index contributed by atoms with van der Waals surface area (Å²) in [7, 11) is 1.44. The minimum absolute atomic E-state index is 0.00721. The van der Waals surface area contributed by atoms with Crippen molar-refractivity contribution in [3.8, 4) is 34.0 Å². The smallest absolute Gasteiger partial charge is 0.336 e. The minimum Gasteiger partial charge on any atom is -0.504 e. The Balaban J connectivity index is 1.93. The maximum Gasteiger partial charge on any atom is 0.336 e. The van der Waals surface area contributed by atoms with Crippen LogP contribution in [0.2, 0.25) is 0 Å². The Hall–Kier alpha value is -3.87. The van der Waals surface area contributed by atoms with Gasteiger partial charge in [-0.05, 0) is 31.2 Å². The number of pyridine rings is 1. The van der Waals surface area contributed by atoms with E-state index >= 15 is 0 Å². The summed E-state index contributed by atoms with van der Waals surface area (Å²) in [5, 5.41) is 27.2. The van der Waals surface area contributed by atoms with Gasteiger partial charge in [-0.3, -0.25) is 5.10 Å². The average molecular weight is 375 g/mol. The van der Waals surface area contributed by atoms with E-state index in [0.29, 0.717) is 28.0 Å². The van der Waals surface area contributed by atoms with E-state index in [1.54, 1.807) is 12.1 Å². The molecule has 4 aromatic rings. The van der Waals surface area contributed by atoms with Crippen molar-refractivity contribution in [2.75, 3.05) is 7.11 Å². The quantitative estimate of drug-likeness (QED) is 0.497. The number of rotatable bonds is 4. The number of ether oxygens (including phenoxy) is 1. The van der Waals surface area contributed by atoms with Crippen molar-refractivity contribution in [3.63, 3.8) is 0 Å². The number of aryl methyl sites for hydroxylation is 1. The number of carboxylic acids is 1. The summed E-state index contributed by atoms with van der Waals surface area (Å²) < 4.78 is 5.13. The number of nitrogens with zero attached hydrogens (tertiary/aromatic N) is 2. The molecule has 2 heterocycles. The van der Waals surface area contributed by atoms with Crippen LogP contribution in [0, 0.1) is 6.92 Å². The average Bonchev–Trinajstić information content (AvgIpc) is 3.12. The molecule has 2 aromatic carbocycles. The second-order valence-corrected chi connectivity index (χ2v) is 6.41. The monoisotopic (exact) mass is 375 g/mol. The number of aromatic amines is 1. The molecule has 28 heavy (non-hydrogen) atoms. The molecule has 140 valence electrons. The highest BCUT2D eigenvalue weighted by atomic mass is 16.5. The molecule has 0 fully saturated rings. The van der Waals surface area contributed by atoms with Crippen LogP contribution < -0.4 is 4.74 Å². The molecule has 0 radical (unpaired) electrons. The van der Waals surface area contributed by atoms with Gasteiger partial charge >= 0.3 is 5.97 Å². The number of methoxy groups -OCH3 is 1. The fourth-order valence-electron chi connectivity index (χ4n) is 3.11. The largest absolute Gasteiger partial charge is 0.504 e. The van der Waals surface area contributed by atoms with Gasteiger partial charge in [0, 0.05) is 11.1 Å². The lowest BCUT2D eigenvalue weighted by atomic mass is 10.0. The van der Waals surface area contributed by atoms with Crippen molar-refractivity contribution in [1.82, 2.24) is 15.2 Å². The number of H-pyrrole nitrogens is 1. The molecular weight excluding hydrogens is 358 g/mol. The van der Waals surface area contributed by atoms with Crippen LogP contribution in [-0.4, -0.2) is 38.5 Å². The molecule has 0 amide bonds. The number of aromatic carboxylic acids is 1. The lowest BCUT2D eigenvalue weighted by Crippen LogP contribution is -2.00. The Morgan fingerprint density at radius 2 is 1.79 bits per heavy atom. The predicted octanol–water partition coefficient (Wildman–Crippen LogP) is 4.01. The molecule has 3 N–H and O–H groups in total. The van der Waals surface area contributed by atoms with Crippen molar-refractivity contribution < 1.29 is 19.7 Å². The third-order valence-corrected chi connectivity index (χ3v) is 4.57. The molecule has 0 spiro atoms. The first-order chi connectivity index (χ1) is 13.5. The maximum absolute atomic E-state index is 12.0. The minimum atomic E-state index is -1.07. The van der Waals surface area contributed by atoms with Crippen LogP contribution in [0.5, 0.6) is 11.5 Å². The van der Waals surface area contributed by atoms with Crippen LogP contribution in [0.25, 0.3) is 33.5 Å². The van der Waals surface area contributed by atoms with Crippen molar-refractivity contribution in [2.45, 2.75) is 6.92 Å². The van der Waals surface area contributed by atoms with Gasteiger partial charge in [-0.15, -0.1) is 0 Å². The SMILES string of the molecule is COc1cc(-c2cc(C(=O)O)c3c(-c4ccc(C)cc4)[nH]nc3n2)ccc1O. The predicted molar refractivity (Wildman–Crippen MR) is 105 cm³/mol. The Morgan fingerprint density at radius 3 is 2.46 bits per heavy atom. The number of fused-ring (bicyclic) bond motifs is 1. The van der Waals surface area contributed by atoms with Crippen LogP contribution in [0.3, 0.4) is 0 Å². The molecule has 7 nitrogen and oxygen atoms in total. The molecule has 2 aromatic heterocycles. The fraction of sp³-hybridized carbons (Fsp3) is 0.0952. The van der Waals surface area contributed by atoms with E-state index in [1.807, 2.05) is 31.2 Å². The third-order valence-electron chi connectivity index (χ3n) is 4.57. The molecule has 0 bridgehead atoms. The molecule has 0 atom stereocenters. The first-order valence-corrected chi connectivity index (χ1v) is 8.54. The molecule has 0 aliphatic heterocycles. The molecule has 4 rings (SSSR count). The number of phenolic OH excluding ortho intramolecular Hbond substituents is 1. The van der Waals surface area contributed by atoms with Crippen molar-refractivity contribution in [2.24, 2.45) is 0 Å². The molecule has 0 saturated heterocycles. The van der Waals surface area contributed by atoms with Crippen LogP contribution in [0.1, 0.15) is 15.9 Å². The number of benzene rings is 2. The van der Waals surface area contributed by atoms with Gasteiger partial charge in [0.2, 0.25) is 0 Å². The summed E-state index contributed by atoms with van der Waals surface area (Å²) >= 11 is 0. The second kappa shape index (κ2) is 6.70. The van der Waals surface area contributed by atoms with E-state index in [2.05, 4.69) is 15.2 Å². The summed E-state index contributed by atoms with van der Waals surface area (Å²) in [6.45, 7) is 1.98. The van der Waals surface area contributed by atoms with E-state index in [1.165, 1.54) is 19.2 Å². The molecular formula is C21H17N3O4. The molecule has 0 aliphatic rings. The Bertz CT molecular complexity index is 1200. The van der Waals surface area contributed by atoms with E-state index in [4.69, 9.17) is 4.74 Å². The highest BCUT2D eigenvalue weighted by molar-refractivity contribution is 6.08. The first-order valence-electron chi connectivity index (χ1n) is 8.54. The summed E-state index contributed by atoms with van der Waals surface area (Å²) in [6, 6.07) is 13.9. The highest BCUT2D eigenvalue weighted by Gasteiger charge is 2.20. The van der Waals surface area contributed by atoms with Gasteiger partial charge in [-0.1, -0.05) is 29.8 Å². The number of nitrogens with one attached hydrogen (secondary N) is 1. The molecule has 0 unspecified atom stereocenters. The number of aromatic nitrogens is 3. The summed E-state index contributed by atoms with van der Waals surface area (Å²) in [4.78, 5) is 16.5. The maximum atomic E-state index is 12.0. The Kier molecular flexibility index (Phi) is 4.19. The normalized spacial score (nSPS) is 10.9. The Morgan fingerprint density at radius 1 is 1.07 bits per heavy atom. The second-order valence-electron chi connectivity index (χ2n) is 6.41. The fourth-order valence-corrected chi connectivity index (χ4v) is 3.11. The van der Waals surface area contributed by atoms with Crippen molar-refractivity contribution in [3.05, 3.63) is 59.7 Å². The summed E-state index contributed by atoms with van der Waals surface area (Å²) in [5.74, 6) is -0.806. The number of aromatic hydroxyl groups is 1. The van der Waals surface area contributed by atoms with Crippen LogP contribution in [0.15, 0.2) is 48.5 Å². The third kappa shape index (κ3) is 2.92. The Labute approximate surface area is 160 Å². The number of carboxylic acid groups (broad SMARTS) is 1. The van der Waals surface area contributed by atoms with E-state index in [-0.39, 0.29) is 17.1 Å². The van der Waals surface area contributed by atoms with Gasteiger partial charge in [0.05, 0.1) is 29.4 Å². The summed E-state index contributed by atoms with van der Waals surface area (Å²) in [6.07, 6.45) is 0. The zero-order valence-corrected chi connectivity index (χ0v) is 15.2. The molecule has 7 heteroatoms. The van der Waals surface area contributed by atoms with Crippen LogP contribution >= 0.6 is 0 Å². The topological polar surface area (TPSA) is 108 Å². The van der Waals surface area contributed by atoms with Gasteiger partial charge in [-0.2, -0.15) is 5.10 Å². The standard InChI is InChI=1S/C21H17N3O4/c1-11-3-5-12(6-4-11)19-18-14(21(26)27)10-15(22-20(18)24-23-19)13-7-8-16(25)17(9-13)28-2/h3-10,25H,1-2H3,(H,26,27)(H,22,23,24). The number of hydrogen-bond acceptors (Lipinski definition) is 5.